The second kappa shape index (κ2) is 5.32. The standard InChI is InChI=1S/C12H15ClN2O/c1-16-7-6-10-8-14-15-12(10)9-2-4-11(13)5-3-9/h2-5,10,14H,6-8H2,1H3. The highest BCUT2D eigenvalue weighted by molar-refractivity contribution is 6.30. The number of methoxy groups -OCH3 is 1. The van der Waals surface area contributed by atoms with Crippen molar-refractivity contribution in [2.75, 3.05) is 20.3 Å². The minimum atomic E-state index is 0.432. The number of halogens is 1. The van der Waals surface area contributed by atoms with Gasteiger partial charge in [-0.3, -0.25) is 0 Å². The van der Waals surface area contributed by atoms with Gasteiger partial charge in [0.05, 0.1) is 5.71 Å². The number of rotatable bonds is 4. The summed E-state index contributed by atoms with van der Waals surface area (Å²) in [7, 11) is 1.72. The number of hydrogen-bond donors (Lipinski definition) is 1. The first-order valence-corrected chi connectivity index (χ1v) is 5.74. The molecule has 0 amide bonds. The van der Waals surface area contributed by atoms with Crippen molar-refractivity contribution in [3.05, 3.63) is 34.9 Å². The average molecular weight is 239 g/mol. The Balaban J connectivity index is 2.10. The molecule has 1 aromatic rings. The van der Waals surface area contributed by atoms with Gasteiger partial charge in [-0.05, 0) is 24.1 Å². The minimum absolute atomic E-state index is 0.432. The molecule has 1 atom stereocenters. The van der Waals surface area contributed by atoms with E-state index in [4.69, 9.17) is 16.3 Å². The molecule has 1 unspecified atom stereocenters. The molecule has 1 N–H and O–H groups in total. The normalized spacial score (nSPS) is 19.4. The maximum Gasteiger partial charge on any atom is 0.0725 e. The summed E-state index contributed by atoms with van der Waals surface area (Å²) in [5.41, 5.74) is 5.28. The molecule has 0 aromatic heterocycles. The second-order valence-electron chi connectivity index (χ2n) is 3.84. The van der Waals surface area contributed by atoms with Crippen LogP contribution >= 0.6 is 11.6 Å². The molecule has 1 aliphatic heterocycles. The maximum atomic E-state index is 5.86. The molecule has 4 heteroatoms. The van der Waals surface area contributed by atoms with Gasteiger partial charge in [-0.2, -0.15) is 5.10 Å². The smallest absolute Gasteiger partial charge is 0.0725 e. The van der Waals surface area contributed by atoms with Gasteiger partial charge in [-0.15, -0.1) is 0 Å². The van der Waals surface area contributed by atoms with Crippen molar-refractivity contribution in [1.82, 2.24) is 5.43 Å². The van der Waals surface area contributed by atoms with Crippen molar-refractivity contribution in [2.45, 2.75) is 6.42 Å². The van der Waals surface area contributed by atoms with Crippen LogP contribution in [0.4, 0.5) is 0 Å². The Morgan fingerprint density at radius 2 is 2.19 bits per heavy atom. The molecule has 1 heterocycles. The van der Waals surface area contributed by atoms with E-state index < -0.39 is 0 Å². The lowest BCUT2D eigenvalue weighted by molar-refractivity contribution is 0.187. The molecular weight excluding hydrogens is 224 g/mol. The maximum absolute atomic E-state index is 5.86. The zero-order valence-electron chi connectivity index (χ0n) is 9.24. The van der Waals surface area contributed by atoms with Gasteiger partial charge in [0.15, 0.2) is 0 Å². The molecule has 0 radical (unpaired) electrons. The fraction of sp³-hybridized carbons (Fsp3) is 0.417. The van der Waals surface area contributed by atoms with Crippen molar-refractivity contribution in [3.8, 4) is 0 Å². The van der Waals surface area contributed by atoms with Crippen LogP contribution in [0.2, 0.25) is 5.02 Å². The van der Waals surface area contributed by atoms with Crippen LogP contribution in [-0.4, -0.2) is 26.0 Å². The number of hydrazone groups is 1. The van der Waals surface area contributed by atoms with Crippen LogP contribution in [0.15, 0.2) is 29.4 Å². The monoisotopic (exact) mass is 238 g/mol. The van der Waals surface area contributed by atoms with E-state index in [9.17, 15) is 0 Å². The van der Waals surface area contributed by atoms with Crippen LogP contribution in [0.5, 0.6) is 0 Å². The van der Waals surface area contributed by atoms with E-state index in [1.807, 2.05) is 24.3 Å². The number of ether oxygens (including phenoxy) is 1. The summed E-state index contributed by atoms with van der Waals surface area (Å²) >= 11 is 5.86. The molecule has 0 bridgehead atoms. The van der Waals surface area contributed by atoms with E-state index in [1.165, 1.54) is 0 Å². The van der Waals surface area contributed by atoms with Crippen molar-refractivity contribution in [3.63, 3.8) is 0 Å². The van der Waals surface area contributed by atoms with Gasteiger partial charge in [0.2, 0.25) is 0 Å². The van der Waals surface area contributed by atoms with Crippen molar-refractivity contribution >= 4 is 17.3 Å². The van der Waals surface area contributed by atoms with Crippen LogP contribution < -0.4 is 5.43 Å². The first-order valence-electron chi connectivity index (χ1n) is 5.36. The lowest BCUT2D eigenvalue weighted by Crippen LogP contribution is -2.18. The Morgan fingerprint density at radius 3 is 2.88 bits per heavy atom. The van der Waals surface area contributed by atoms with Crippen LogP contribution in [0.25, 0.3) is 0 Å². The SMILES string of the molecule is COCCC1CNN=C1c1ccc(Cl)cc1. The number of benzene rings is 1. The molecular formula is C12H15ClN2O. The zero-order valence-corrected chi connectivity index (χ0v) is 10.00. The number of nitrogens with zero attached hydrogens (tertiary/aromatic N) is 1. The fourth-order valence-corrected chi connectivity index (χ4v) is 1.97. The Hall–Kier alpha value is -1.06. The molecule has 16 heavy (non-hydrogen) atoms. The average Bonchev–Trinajstić information content (AvgIpc) is 2.75. The third kappa shape index (κ3) is 2.54. The van der Waals surface area contributed by atoms with Gasteiger partial charge in [-0.25, -0.2) is 0 Å². The highest BCUT2D eigenvalue weighted by Gasteiger charge is 2.22. The van der Waals surface area contributed by atoms with E-state index >= 15 is 0 Å². The van der Waals surface area contributed by atoms with E-state index in [-0.39, 0.29) is 0 Å². The third-order valence-electron chi connectivity index (χ3n) is 2.73. The summed E-state index contributed by atoms with van der Waals surface area (Å²) < 4.78 is 5.10. The summed E-state index contributed by atoms with van der Waals surface area (Å²) in [6, 6.07) is 7.80. The van der Waals surface area contributed by atoms with Gasteiger partial charge >= 0.3 is 0 Å². The Bertz CT molecular complexity index is 375. The predicted octanol–water partition coefficient (Wildman–Crippen LogP) is 2.30. The second-order valence-corrected chi connectivity index (χ2v) is 4.28. The molecule has 0 aliphatic carbocycles. The van der Waals surface area contributed by atoms with Gasteiger partial charge in [0, 0.05) is 31.2 Å². The van der Waals surface area contributed by atoms with Gasteiger partial charge in [0.25, 0.3) is 0 Å². The number of hydrogen-bond acceptors (Lipinski definition) is 3. The molecule has 0 fully saturated rings. The zero-order chi connectivity index (χ0) is 11.4. The van der Waals surface area contributed by atoms with Crippen molar-refractivity contribution in [2.24, 2.45) is 11.0 Å². The minimum Gasteiger partial charge on any atom is -0.385 e. The van der Waals surface area contributed by atoms with Crippen LogP contribution in [0.1, 0.15) is 12.0 Å². The summed E-state index contributed by atoms with van der Waals surface area (Å²) in [5, 5.41) is 5.09. The molecule has 3 nitrogen and oxygen atoms in total. The molecule has 2 rings (SSSR count). The molecule has 0 saturated carbocycles. The number of nitrogens with one attached hydrogen (secondary N) is 1. The first-order chi connectivity index (χ1) is 7.81. The molecule has 1 aliphatic rings. The summed E-state index contributed by atoms with van der Waals surface area (Å²) in [6.07, 6.45) is 0.991. The predicted molar refractivity (Wildman–Crippen MR) is 66.0 cm³/mol. The Kier molecular flexibility index (Phi) is 3.80. The van der Waals surface area contributed by atoms with E-state index in [0.717, 1.165) is 35.9 Å². The summed E-state index contributed by atoms with van der Waals surface area (Å²) in [6.45, 7) is 1.65. The third-order valence-corrected chi connectivity index (χ3v) is 2.99. The Morgan fingerprint density at radius 1 is 1.44 bits per heavy atom. The van der Waals surface area contributed by atoms with Gasteiger partial charge < -0.3 is 10.2 Å². The molecule has 1 aromatic carbocycles. The topological polar surface area (TPSA) is 33.6 Å². The van der Waals surface area contributed by atoms with Crippen LogP contribution in [-0.2, 0) is 4.74 Å². The lowest BCUT2D eigenvalue weighted by Gasteiger charge is -2.11. The Labute approximate surface area is 100 Å². The van der Waals surface area contributed by atoms with Crippen LogP contribution in [0.3, 0.4) is 0 Å². The molecule has 86 valence electrons. The van der Waals surface area contributed by atoms with Crippen molar-refractivity contribution < 1.29 is 4.74 Å². The van der Waals surface area contributed by atoms with Crippen LogP contribution in [0, 0.1) is 5.92 Å². The quantitative estimate of drug-likeness (QED) is 0.873. The molecule has 0 saturated heterocycles. The van der Waals surface area contributed by atoms with Gasteiger partial charge in [-0.1, -0.05) is 23.7 Å². The largest absolute Gasteiger partial charge is 0.385 e. The summed E-state index contributed by atoms with van der Waals surface area (Å²) in [5.74, 6) is 0.432. The lowest BCUT2D eigenvalue weighted by atomic mass is 9.95. The first kappa shape index (κ1) is 11.4. The van der Waals surface area contributed by atoms with E-state index in [2.05, 4.69) is 10.5 Å². The fourth-order valence-electron chi connectivity index (χ4n) is 1.85. The van der Waals surface area contributed by atoms with Gasteiger partial charge in [0.1, 0.15) is 0 Å². The highest BCUT2D eigenvalue weighted by Crippen LogP contribution is 2.19. The van der Waals surface area contributed by atoms with E-state index in [0.29, 0.717) is 5.92 Å². The van der Waals surface area contributed by atoms with Crippen molar-refractivity contribution in [1.29, 1.82) is 0 Å². The summed E-state index contributed by atoms with van der Waals surface area (Å²) in [4.78, 5) is 0. The highest BCUT2D eigenvalue weighted by atomic mass is 35.5. The molecule has 0 spiro atoms. The van der Waals surface area contributed by atoms with E-state index in [1.54, 1.807) is 7.11 Å².